The SMILES string of the molecule is COc1ccc(CC2(O)CSC(C)C2)cc1F. The lowest BCUT2D eigenvalue weighted by Crippen LogP contribution is -2.31. The molecule has 0 bridgehead atoms. The predicted molar refractivity (Wildman–Crippen MR) is 68.1 cm³/mol. The zero-order valence-electron chi connectivity index (χ0n) is 10.1. The summed E-state index contributed by atoms with van der Waals surface area (Å²) in [6, 6.07) is 4.87. The third-order valence-electron chi connectivity index (χ3n) is 3.05. The van der Waals surface area contributed by atoms with Crippen LogP contribution in [0.1, 0.15) is 18.9 Å². The summed E-state index contributed by atoms with van der Waals surface area (Å²) in [4.78, 5) is 0. The van der Waals surface area contributed by atoms with Crippen molar-refractivity contribution in [1.82, 2.24) is 0 Å². The van der Waals surface area contributed by atoms with Gasteiger partial charge in [-0.1, -0.05) is 13.0 Å². The van der Waals surface area contributed by atoms with Gasteiger partial charge in [0.05, 0.1) is 12.7 Å². The number of hydrogen-bond acceptors (Lipinski definition) is 3. The summed E-state index contributed by atoms with van der Waals surface area (Å²) in [7, 11) is 1.45. The lowest BCUT2D eigenvalue weighted by atomic mass is 9.92. The highest BCUT2D eigenvalue weighted by molar-refractivity contribution is 8.00. The number of thioether (sulfide) groups is 1. The van der Waals surface area contributed by atoms with Crippen LogP contribution in [0.2, 0.25) is 0 Å². The highest BCUT2D eigenvalue weighted by Crippen LogP contribution is 2.36. The Kier molecular flexibility index (Phi) is 3.64. The van der Waals surface area contributed by atoms with Crippen molar-refractivity contribution in [2.24, 2.45) is 0 Å². The van der Waals surface area contributed by atoms with Crippen molar-refractivity contribution in [1.29, 1.82) is 0 Å². The topological polar surface area (TPSA) is 29.5 Å². The second-order valence-corrected chi connectivity index (χ2v) is 6.12. The highest BCUT2D eigenvalue weighted by atomic mass is 32.2. The Labute approximate surface area is 105 Å². The van der Waals surface area contributed by atoms with E-state index in [1.807, 2.05) is 6.07 Å². The van der Waals surface area contributed by atoms with Crippen LogP contribution in [0.3, 0.4) is 0 Å². The van der Waals surface area contributed by atoms with Gasteiger partial charge in [0.1, 0.15) is 0 Å². The molecule has 1 saturated heterocycles. The summed E-state index contributed by atoms with van der Waals surface area (Å²) < 4.78 is 18.4. The fourth-order valence-electron chi connectivity index (χ4n) is 2.27. The van der Waals surface area contributed by atoms with Gasteiger partial charge in [0, 0.05) is 17.4 Å². The molecule has 1 aromatic rings. The first kappa shape index (κ1) is 12.7. The second-order valence-electron chi connectivity index (χ2n) is 4.70. The van der Waals surface area contributed by atoms with E-state index in [4.69, 9.17) is 4.74 Å². The Morgan fingerprint density at radius 3 is 2.88 bits per heavy atom. The molecular formula is C13H17FO2S. The fourth-order valence-corrected chi connectivity index (χ4v) is 3.52. The van der Waals surface area contributed by atoms with Crippen LogP contribution in [0.25, 0.3) is 0 Å². The summed E-state index contributed by atoms with van der Waals surface area (Å²) in [5.41, 5.74) is 0.131. The Morgan fingerprint density at radius 1 is 1.59 bits per heavy atom. The maximum absolute atomic E-state index is 13.5. The minimum Gasteiger partial charge on any atom is -0.494 e. The van der Waals surface area contributed by atoms with E-state index >= 15 is 0 Å². The molecule has 1 aliphatic heterocycles. The summed E-state index contributed by atoms with van der Waals surface area (Å²) in [5.74, 6) is 0.601. The summed E-state index contributed by atoms with van der Waals surface area (Å²) in [5, 5.41) is 10.8. The average Bonchev–Trinajstić information content (AvgIpc) is 2.58. The van der Waals surface area contributed by atoms with Crippen molar-refractivity contribution < 1.29 is 14.2 Å². The van der Waals surface area contributed by atoms with Gasteiger partial charge in [0.15, 0.2) is 11.6 Å². The monoisotopic (exact) mass is 256 g/mol. The number of aliphatic hydroxyl groups is 1. The standard InChI is InChI=1S/C13H17FO2S/c1-9-6-13(15,8-17-9)7-10-3-4-12(16-2)11(14)5-10/h3-5,9,15H,6-8H2,1-2H3. The molecule has 0 amide bonds. The van der Waals surface area contributed by atoms with Gasteiger partial charge in [-0.25, -0.2) is 4.39 Å². The van der Waals surface area contributed by atoms with E-state index in [2.05, 4.69) is 6.92 Å². The quantitative estimate of drug-likeness (QED) is 0.901. The van der Waals surface area contributed by atoms with Gasteiger partial charge in [-0.3, -0.25) is 0 Å². The van der Waals surface area contributed by atoms with E-state index < -0.39 is 5.60 Å². The van der Waals surface area contributed by atoms with Gasteiger partial charge in [0.2, 0.25) is 0 Å². The smallest absolute Gasteiger partial charge is 0.165 e. The molecule has 1 fully saturated rings. The number of rotatable bonds is 3. The third-order valence-corrected chi connectivity index (χ3v) is 4.49. The average molecular weight is 256 g/mol. The zero-order valence-corrected chi connectivity index (χ0v) is 10.9. The van der Waals surface area contributed by atoms with Crippen LogP contribution < -0.4 is 4.74 Å². The van der Waals surface area contributed by atoms with Crippen LogP contribution in [0.5, 0.6) is 5.75 Å². The van der Waals surface area contributed by atoms with Crippen molar-refractivity contribution in [3.63, 3.8) is 0 Å². The molecule has 4 heteroatoms. The molecular weight excluding hydrogens is 239 g/mol. The molecule has 2 nitrogen and oxygen atoms in total. The van der Waals surface area contributed by atoms with E-state index in [1.165, 1.54) is 13.2 Å². The van der Waals surface area contributed by atoms with Crippen molar-refractivity contribution >= 4 is 11.8 Å². The van der Waals surface area contributed by atoms with Crippen molar-refractivity contribution in [3.05, 3.63) is 29.6 Å². The lowest BCUT2D eigenvalue weighted by Gasteiger charge is -2.21. The van der Waals surface area contributed by atoms with Gasteiger partial charge in [-0.05, 0) is 24.1 Å². The molecule has 1 N–H and O–H groups in total. The van der Waals surface area contributed by atoms with Gasteiger partial charge < -0.3 is 9.84 Å². The van der Waals surface area contributed by atoms with Gasteiger partial charge in [-0.15, -0.1) is 0 Å². The Bertz CT molecular complexity index is 410. The molecule has 1 aliphatic rings. The minimum atomic E-state index is -0.689. The van der Waals surface area contributed by atoms with E-state index in [9.17, 15) is 9.50 Å². The molecule has 1 heterocycles. The van der Waals surface area contributed by atoms with Crippen LogP contribution >= 0.6 is 11.8 Å². The highest BCUT2D eigenvalue weighted by Gasteiger charge is 2.36. The maximum atomic E-state index is 13.5. The van der Waals surface area contributed by atoms with Gasteiger partial charge in [-0.2, -0.15) is 11.8 Å². The third kappa shape index (κ3) is 2.93. The molecule has 17 heavy (non-hydrogen) atoms. The molecule has 2 rings (SSSR count). The van der Waals surface area contributed by atoms with E-state index in [0.29, 0.717) is 11.7 Å². The Balaban J connectivity index is 2.11. The van der Waals surface area contributed by atoms with Gasteiger partial charge >= 0.3 is 0 Å². The maximum Gasteiger partial charge on any atom is 0.165 e. The van der Waals surface area contributed by atoms with E-state index in [0.717, 1.165) is 17.7 Å². The summed E-state index contributed by atoms with van der Waals surface area (Å²) in [6.45, 7) is 2.11. The second kappa shape index (κ2) is 4.86. The Hall–Kier alpha value is -0.740. The lowest BCUT2D eigenvalue weighted by molar-refractivity contribution is 0.0642. The fraction of sp³-hybridized carbons (Fsp3) is 0.538. The van der Waals surface area contributed by atoms with E-state index in [1.54, 1.807) is 17.8 Å². The van der Waals surface area contributed by atoms with Crippen LogP contribution in [0.4, 0.5) is 4.39 Å². The molecule has 2 atom stereocenters. The molecule has 0 radical (unpaired) electrons. The minimum absolute atomic E-state index is 0.245. The van der Waals surface area contributed by atoms with Crippen LogP contribution in [0, 0.1) is 5.82 Å². The first-order chi connectivity index (χ1) is 8.02. The van der Waals surface area contributed by atoms with Crippen LogP contribution in [-0.4, -0.2) is 28.8 Å². The zero-order chi connectivity index (χ0) is 12.5. The van der Waals surface area contributed by atoms with Crippen molar-refractivity contribution in [2.75, 3.05) is 12.9 Å². The first-order valence-corrected chi connectivity index (χ1v) is 6.74. The normalized spacial score (nSPS) is 28.4. The summed E-state index contributed by atoms with van der Waals surface area (Å²) >= 11 is 1.77. The number of methoxy groups -OCH3 is 1. The van der Waals surface area contributed by atoms with Gasteiger partial charge in [0.25, 0.3) is 0 Å². The van der Waals surface area contributed by atoms with Crippen molar-refractivity contribution in [2.45, 2.75) is 30.6 Å². The molecule has 1 aromatic carbocycles. The number of benzene rings is 1. The number of ether oxygens (including phenoxy) is 1. The van der Waals surface area contributed by atoms with Crippen LogP contribution in [0.15, 0.2) is 18.2 Å². The molecule has 0 spiro atoms. The molecule has 2 unspecified atom stereocenters. The largest absolute Gasteiger partial charge is 0.494 e. The Morgan fingerprint density at radius 2 is 2.35 bits per heavy atom. The summed E-state index contributed by atoms with van der Waals surface area (Å²) in [6.07, 6.45) is 1.27. The molecule has 0 aliphatic carbocycles. The predicted octanol–water partition coefficient (Wildman–Crippen LogP) is 2.63. The van der Waals surface area contributed by atoms with Crippen LogP contribution in [-0.2, 0) is 6.42 Å². The van der Waals surface area contributed by atoms with Crippen molar-refractivity contribution in [3.8, 4) is 5.75 Å². The van der Waals surface area contributed by atoms with E-state index in [-0.39, 0.29) is 11.6 Å². The molecule has 94 valence electrons. The molecule has 0 aromatic heterocycles. The number of hydrogen-bond donors (Lipinski definition) is 1. The number of halogens is 1. The first-order valence-electron chi connectivity index (χ1n) is 5.69. The molecule has 0 saturated carbocycles.